The van der Waals surface area contributed by atoms with Crippen molar-refractivity contribution >= 4 is 22.8 Å². The second-order valence-electron chi connectivity index (χ2n) is 8.27. The fourth-order valence-corrected chi connectivity index (χ4v) is 6.13. The predicted molar refractivity (Wildman–Crippen MR) is 88.5 cm³/mol. The lowest BCUT2D eigenvalue weighted by molar-refractivity contribution is -0.198. The van der Waals surface area contributed by atoms with E-state index in [-0.39, 0.29) is 22.1 Å². The van der Waals surface area contributed by atoms with Crippen LogP contribution in [0.2, 0.25) is 0 Å². The van der Waals surface area contributed by atoms with Gasteiger partial charge in [0.2, 0.25) is 0 Å². The van der Waals surface area contributed by atoms with Crippen LogP contribution in [0.4, 0.5) is 0 Å². The van der Waals surface area contributed by atoms with Crippen LogP contribution in [0.1, 0.15) is 65.7 Å². The van der Waals surface area contributed by atoms with Gasteiger partial charge in [-0.05, 0) is 70.1 Å². The van der Waals surface area contributed by atoms with E-state index in [9.17, 15) is 9.59 Å². The minimum absolute atomic E-state index is 0.0631. The highest BCUT2D eigenvalue weighted by atomic mass is 32.2. The maximum atomic E-state index is 12.2. The number of carbonyl (C=O) groups excluding carboxylic acids is 2. The van der Waals surface area contributed by atoms with Crippen molar-refractivity contribution in [3.63, 3.8) is 0 Å². The van der Waals surface area contributed by atoms with E-state index in [0.29, 0.717) is 12.2 Å². The number of carbonyl (C=O) groups is 2. The maximum absolute atomic E-state index is 12.2. The Balaban J connectivity index is 1.62. The Kier molecular flexibility index (Phi) is 4.34. The highest BCUT2D eigenvalue weighted by Gasteiger charge is 2.58. The summed E-state index contributed by atoms with van der Waals surface area (Å²) in [5, 5.41) is 0.0631. The van der Waals surface area contributed by atoms with E-state index >= 15 is 0 Å². The molecule has 4 bridgehead atoms. The lowest BCUT2D eigenvalue weighted by Gasteiger charge is -2.61. The summed E-state index contributed by atoms with van der Waals surface area (Å²) in [6.07, 6.45) is 8.25. The topological polar surface area (TPSA) is 43.4 Å². The summed E-state index contributed by atoms with van der Waals surface area (Å²) < 4.78 is 5.94. The molecule has 0 aromatic carbocycles. The third kappa shape index (κ3) is 3.08. The van der Waals surface area contributed by atoms with Crippen molar-refractivity contribution in [1.82, 2.24) is 0 Å². The molecule has 0 unspecified atom stereocenters. The zero-order valence-corrected chi connectivity index (χ0v) is 14.8. The molecule has 0 saturated heterocycles. The molecule has 0 atom stereocenters. The molecule has 0 amide bonds. The molecule has 0 aromatic rings. The molecule has 124 valence electrons. The van der Waals surface area contributed by atoms with Crippen LogP contribution in [-0.2, 0) is 14.3 Å². The van der Waals surface area contributed by atoms with Crippen LogP contribution < -0.4 is 0 Å². The van der Waals surface area contributed by atoms with Gasteiger partial charge in [0.1, 0.15) is 5.60 Å². The van der Waals surface area contributed by atoms with Crippen LogP contribution in [0, 0.1) is 23.2 Å². The van der Waals surface area contributed by atoms with Crippen molar-refractivity contribution in [3.8, 4) is 0 Å². The Hall–Kier alpha value is -0.510. The Morgan fingerprint density at radius 1 is 1.09 bits per heavy atom. The van der Waals surface area contributed by atoms with E-state index in [4.69, 9.17) is 4.74 Å². The van der Waals surface area contributed by atoms with Gasteiger partial charge in [-0.15, -0.1) is 0 Å². The number of esters is 1. The molecule has 0 spiro atoms. The zero-order chi connectivity index (χ0) is 16.0. The largest absolute Gasteiger partial charge is 0.459 e. The maximum Gasteiger partial charge on any atom is 0.307 e. The normalized spacial score (nSPS) is 36.4. The minimum Gasteiger partial charge on any atom is -0.459 e. The van der Waals surface area contributed by atoms with Gasteiger partial charge in [-0.1, -0.05) is 11.8 Å². The molecule has 4 fully saturated rings. The van der Waals surface area contributed by atoms with Crippen molar-refractivity contribution in [2.45, 2.75) is 71.3 Å². The number of hydrogen-bond acceptors (Lipinski definition) is 4. The van der Waals surface area contributed by atoms with Crippen LogP contribution in [-0.4, -0.2) is 22.4 Å². The van der Waals surface area contributed by atoms with Crippen LogP contribution in [0.3, 0.4) is 0 Å². The molecule has 4 aliphatic carbocycles. The molecule has 4 heteroatoms. The molecular formula is C18H28O3S. The summed E-state index contributed by atoms with van der Waals surface area (Å²) in [4.78, 5) is 23.1. The molecule has 0 aliphatic heterocycles. The van der Waals surface area contributed by atoms with Gasteiger partial charge in [0.25, 0.3) is 0 Å². The Labute approximate surface area is 137 Å². The first-order chi connectivity index (χ1) is 10.3. The van der Waals surface area contributed by atoms with Crippen LogP contribution in [0.15, 0.2) is 0 Å². The van der Waals surface area contributed by atoms with E-state index in [1.54, 1.807) is 0 Å². The molecule has 4 rings (SSSR count). The Morgan fingerprint density at radius 2 is 1.59 bits per heavy atom. The molecule has 22 heavy (non-hydrogen) atoms. The molecule has 3 nitrogen and oxygen atoms in total. The van der Waals surface area contributed by atoms with Crippen molar-refractivity contribution in [3.05, 3.63) is 0 Å². The first kappa shape index (κ1) is 16.4. The van der Waals surface area contributed by atoms with Gasteiger partial charge in [0.15, 0.2) is 5.12 Å². The van der Waals surface area contributed by atoms with Crippen molar-refractivity contribution < 1.29 is 14.3 Å². The Morgan fingerprint density at radius 3 is 2.05 bits per heavy atom. The van der Waals surface area contributed by atoms with Gasteiger partial charge < -0.3 is 4.74 Å². The molecule has 4 saturated carbocycles. The van der Waals surface area contributed by atoms with E-state index < -0.39 is 0 Å². The molecule has 0 N–H and O–H groups in total. The van der Waals surface area contributed by atoms with Gasteiger partial charge >= 0.3 is 5.97 Å². The van der Waals surface area contributed by atoms with E-state index in [2.05, 4.69) is 13.8 Å². The highest BCUT2D eigenvalue weighted by molar-refractivity contribution is 8.13. The van der Waals surface area contributed by atoms with Gasteiger partial charge in [-0.25, -0.2) is 0 Å². The van der Waals surface area contributed by atoms with Gasteiger partial charge in [-0.3, -0.25) is 9.59 Å². The first-order valence-electron chi connectivity index (χ1n) is 8.65. The van der Waals surface area contributed by atoms with Crippen LogP contribution in [0.5, 0.6) is 0 Å². The SMILES string of the molecule is CC(=O)SCCC(=O)OC(C)(C)C12CC3CC(CC(C3)C1)C2. The van der Waals surface area contributed by atoms with Gasteiger partial charge in [0.05, 0.1) is 6.42 Å². The molecule has 0 heterocycles. The molecule has 0 radical (unpaired) electrons. The summed E-state index contributed by atoms with van der Waals surface area (Å²) in [5.74, 6) is 2.97. The number of ether oxygens (including phenoxy) is 1. The summed E-state index contributed by atoms with van der Waals surface area (Å²) in [7, 11) is 0. The van der Waals surface area contributed by atoms with E-state index in [1.807, 2.05) is 0 Å². The lowest BCUT2D eigenvalue weighted by atomic mass is 9.46. The third-order valence-corrected chi connectivity index (χ3v) is 7.11. The van der Waals surface area contributed by atoms with Crippen molar-refractivity contribution in [2.75, 3.05) is 5.75 Å². The summed E-state index contributed by atoms with van der Waals surface area (Å²) >= 11 is 1.21. The molecule has 4 aliphatic rings. The fraction of sp³-hybridized carbons (Fsp3) is 0.889. The van der Waals surface area contributed by atoms with E-state index in [0.717, 1.165) is 17.8 Å². The standard InChI is InChI=1S/C18H28O3S/c1-12(19)22-5-4-16(20)21-17(2,3)18-9-13-6-14(10-18)8-15(7-13)11-18/h13-15H,4-11H2,1-3H3. The average molecular weight is 324 g/mol. The average Bonchev–Trinajstić information content (AvgIpc) is 2.35. The number of rotatable bonds is 5. The van der Waals surface area contributed by atoms with Crippen molar-refractivity contribution in [2.24, 2.45) is 23.2 Å². The summed E-state index contributed by atoms with van der Waals surface area (Å²) in [5.41, 5.74) is -0.174. The summed E-state index contributed by atoms with van der Waals surface area (Å²) in [6, 6.07) is 0. The monoisotopic (exact) mass is 324 g/mol. The number of thioether (sulfide) groups is 1. The van der Waals surface area contributed by atoms with Crippen molar-refractivity contribution in [1.29, 1.82) is 0 Å². The fourth-order valence-electron chi connectivity index (χ4n) is 5.57. The van der Waals surface area contributed by atoms with Gasteiger partial charge in [0, 0.05) is 18.1 Å². The smallest absolute Gasteiger partial charge is 0.307 e. The minimum atomic E-state index is -0.374. The van der Waals surface area contributed by atoms with E-state index in [1.165, 1.54) is 57.2 Å². The number of hydrogen-bond donors (Lipinski definition) is 0. The first-order valence-corrected chi connectivity index (χ1v) is 9.63. The van der Waals surface area contributed by atoms with Crippen LogP contribution >= 0.6 is 11.8 Å². The zero-order valence-electron chi connectivity index (χ0n) is 14.0. The second-order valence-corrected chi connectivity index (χ2v) is 9.54. The molecule has 0 aromatic heterocycles. The lowest BCUT2D eigenvalue weighted by Crippen LogP contribution is -2.57. The summed E-state index contributed by atoms with van der Waals surface area (Å²) in [6.45, 7) is 5.78. The highest BCUT2D eigenvalue weighted by Crippen LogP contribution is 2.64. The predicted octanol–water partition coefficient (Wildman–Crippen LogP) is 4.19. The van der Waals surface area contributed by atoms with Gasteiger partial charge in [-0.2, -0.15) is 0 Å². The third-order valence-electron chi connectivity index (χ3n) is 6.30. The second kappa shape index (κ2) is 5.85. The quantitative estimate of drug-likeness (QED) is 0.711. The molecular weight excluding hydrogens is 296 g/mol. The Bertz CT molecular complexity index is 434. The van der Waals surface area contributed by atoms with Crippen LogP contribution in [0.25, 0.3) is 0 Å².